The molecule has 5 heteroatoms. The van der Waals surface area contributed by atoms with Crippen molar-refractivity contribution in [3.63, 3.8) is 0 Å². The summed E-state index contributed by atoms with van der Waals surface area (Å²) in [6.07, 6.45) is 0. The predicted molar refractivity (Wildman–Crippen MR) is 80.5 cm³/mol. The zero-order valence-electron chi connectivity index (χ0n) is 9.06. The third-order valence-corrected chi connectivity index (χ3v) is 5.02. The summed E-state index contributed by atoms with van der Waals surface area (Å²) in [4.78, 5) is 1.23. The lowest BCUT2D eigenvalue weighted by molar-refractivity contribution is 1.18. The summed E-state index contributed by atoms with van der Waals surface area (Å²) in [7, 11) is 0. The average Bonchev–Trinajstić information content (AvgIpc) is 2.68. The summed E-state index contributed by atoms with van der Waals surface area (Å²) in [5.41, 5.74) is 1.85. The van der Waals surface area contributed by atoms with Gasteiger partial charge in [0.05, 0.1) is 17.3 Å². The van der Waals surface area contributed by atoms with E-state index in [-0.39, 0.29) is 0 Å². The van der Waals surface area contributed by atoms with Crippen LogP contribution in [-0.4, -0.2) is 0 Å². The Morgan fingerprint density at radius 2 is 2.06 bits per heavy atom. The quantitative estimate of drug-likeness (QED) is 0.744. The molecule has 0 aliphatic rings. The number of anilines is 1. The van der Waals surface area contributed by atoms with Gasteiger partial charge >= 0.3 is 0 Å². The summed E-state index contributed by atoms with van der Waals surface area (Å²) in [5.74, 6) is 0. The zero-order valence-corrected chi connectivity index (χ0v) is 13.0. The van der Waals surface area contributed by atoms with Gasteiger partial charge in [0.2, 0.25) is 0 Å². The second kappa shape index (κ2) is 5.61. The van der Waals surface area contributed by atoms with Gasteiger partial charge in [-0.3, -0.25) is 0 Å². The first-order valence-corrected chi connectivity index (χ1v) is 7.42. The van der Waals surface area contributed by atoms with Crippen LogP contribution in [0.25, 0.3) is 0 Å². The Morgan fingerprint density at radius 1 is 1.29 bits per heavy atom. The smallest absolute Gasteiger partial charge is 0.0641 e. The number of halogens is 3. The van der Waals surface area contributed by atoms with E-state index in [9.17, 15) is 0 Å². The topological polar surface area (TPSA) is 12.0 Å². The molecule has 0 bridgehead atoms. The molecule has 1 N–H and O–H groups in total. The lowest BCUT2D eigenvalue weighted by Crippen LogP contribution is -1.99. The van der Waals surface area contributed by atoms with E-state index in [1.165, 1.54) is 4.88 Å². The second-order valence-corrected chi connectivity index (χ2v) is 6.30. The molecule has 17 heavy (non-hydrogen) atoms. The third kappa shape index (κ3) is 3.16. The molecule has 1 nitrogen and oxygen atoms in total. The molecule has 1 heterocycles. The Morgan fingerprint density at radius 3 is 2.71 bits per heavy atom. The fourth-order valence-corrected chi connectivity index (χ4v) is 3.29. The number of hydrogen-bond donors (Lipinski definition) is 1. The lowest BCUT2D eigenvalue weighted by Gasteiger charge is -2.09. The first kappa shape index (κ1) is 13.2. The van der Waals surface area contributed by atoms with Crippen LogP contribution in [0, 0.1) is 6.92 Å². The maximum Gasteiger partial charge on any atom is 0.0641 e. The second-order valence-electron chi connectivity index (χ2n) is 3.63. The molecular weight excluding hydrogens is 341 g/mol. The fourth-order valence-electron chi connectivity index (χ4n) is 1.41. The van der Waals surface area contributed by atoms with Gasteiger partial charge in [0, 0.05) is 14.4 Å². The Bertz CT molecular complexity index is 539. The molecule has 0 aliphatic heterocycles. The maximum atomic E-state index is 6.15. The minimum atomic E-state index is 0.694. The summed E-state index contributed by atoms with van der Waals surface area (Å²) >= 11 is 17.4. The van der Waals surface area contributed by atoms with Crippen LogP contribution in [0.4, 0.5) is 5.69 Å². The van der Waals surface area contributed by atoms with Gasteiger partial charge in [-0.1, -0.05) is 23.2 Å². The van der Waals surface area contributed by atoms with Crippen LogP contribution < -0.4 is 5.32 Å². The van der Waals surface area contributed by atoms with Crippen molar-refractivity contribution in [2.45, 2.75) is 13.5 Å². The van der Waals surface area contributed by atoms with Crippen LogP contribution in [0.5, 0.6) is 0 Å². The Labute approximate surface area is 123 Å². The van der Waals surface area contributed by atoms with Gasteiger partial charge in [-0.25, -0.2) is 0 Å². The molecule has 1 aromatic carbocycles. The first-order chi connectivity index (χ1) is 8.08. The Balaban J connectivity index is 2.14. The van der Waals surface area contributed by atoms with Crippen molar-refractivity contribution in [3.05, 3.63) is 48.5 Å². The standard InChI is InChI=1S/C12H10BrCl2NS/c1-7-4-10(15)11(5-9(7)14)16-6-12-8(13)2-3-17-12/h2-5,16H,6H2,1H3. The molecule has 0 saturated carbocycles. The summed E-state index contributed by atoms with van der Waals surface area (Å²) in [5, 5.41) is 6.75. The SMILES string of the molecule is Cc1cc(Cl)c(NCc2sccc2Br)cc1Cl. The van der Waals surface area contributed by atoms with Crippen molar-refractivity contribution >= 4 is 56.2 Å². The van der Waals surface area contributed by atoms with Crippen molar-refractivity contribution in [3.8, 4) is 0 Å². The molecule has 0 atom stereocenters. The normalized spacial score (nSPS) is 10.6. The monoisotopic (exact) mass is 349 g/mol. The van der Waals surface area contributed by atoms with Gasteiger partial charge in [-0.05, 0) is 52.0 Å². The van der Waals surface area contributed by atoms with Crippen LogP contribution in [0.3, 0.4) is 0 Å². The molecule has 90 valence electrons. The van der Waals surface area contributed by atoms with Crippen LogP contribution >= 0.6 is 50.5 Å². The van der Waals surface area contributed by atoms with E-state index >= 15 is 0 Å². The number of aryl methyl sites for hydroxylation is 1. The number of benzene rings is 1. The highest BCUT2D eigenvalue weighted by Crippen LogP contribution is 2.30. The number of thiophene rings is 1. The zero-order chi connectivity index (χ0) is 12.4. The molecule has 0 radical (unpaired) electrons. The fraction of sp³-hybridized carbons (Fsp3) is 0.167. The summed E-state index contributed by atoms with van der Waals surface area (Å²) < 4.78 is 1.12. The van der Waals surface area contributed by atoms with E-state index < -0.39 is 0 Å². The highest BCUT2D eigenvalue weighted by Gasteiger charge is 2.06. The molecule has 0 spiro atoms. The van der Waals surface area contributed by atoms with E-state index in [4.69, 9.17) is 23.2 Å². The number of hydrogen-bond acceptors (Lipinski definition) is 2. The van der Waals surface area contributed by atoms with E-state index in [1.54, 1.807) is 11.3 Å². The van der Waals surface area contributed by atoms with Gasteiger partial charge in [0.25, 0.3) is 0 Å². The molecule has 2 aromatic rings. The van der Waals surface area contributed by atoms with Crippen molar-refractivity contribution in [2.75, 3.05) is 5.32 Å². The molecule has 0 aliphatic carbocycles. The minimum absolute atomic E-state index is 0.694. The highest BCUT2D eigenvalue weighted by atomic mass is 79.9. The molecule has 0 amide bonds. The Hall–Kier alpha value is -0.220. The van der Waals surface area contributed by atoms with Crippen molar-refractivity contribution < 1.29 is 0 Å². The number of rotatable bonds is 3. The van der Waals surface area contributed by atoms with E-state index in [2.05, 4.69) is 21.2 Å². The van der Waals surface area contributed by atoms with Crippen molar-refractivity contribution in [1.29, 1.82) is 0 Å². The first-order valence-electron chi connectivity index (χ1n) is 4.99. The average molecular weight is 351 g/mol. The van der Waals surface area contributed by atoms with Crippen molar-refractivity contribution in [2.24, 2.45) is 0 Å². The van der Waals surface area contributed by atoms with Crippen LogP contribution in [0.2, 0.25) is 10.0 Å². The maximum absolute atomic E-state index is 6.15. The number of nitrogens with one attached hydrogen (secondary N) is 1. The summed E-state index contributed by atoms with van der Waals surface area (Å²) in [6, 6.07) is 5.77. The van der Waals surface area contributed by atoms with Crippen LogP contribution in [0.1, 0.15) is 10.4 Å². The third-order valence-electron chi connectivity index (χ3n) is 2.38. The lowest BCUT2D eigenvalue weighted by atomic mass is 10.2. The van der Waals surface area contributed by atoms with E-state index in [1.807, 2.05) is 30.5 Å². The van der Waals surface area contributed by atoms with Crippen LogP contribution in [-0.2, 0) is 6.54 Å². The molecule has 2 rings (SSSR count). The van der Waals surface area contributed by atoms with Gasteiger partial charge in [-0.2, -0.15) is 0 Å². The minimum Gasteiger partial charge on any atom is -0.379 e. The van der Waals surface area contributed by atoms with Gasteiger partial charge in [0.1, 0.15) is 0 Å². The summed E-state index contributed by atoms with van der Waals surface area (Å²) in [6.45, 7) is 2.67. The van der Waals surface area contributed by atoms with E-state index in [0.717, 1.165) is 27.3 Å². The molecule has 0 fully saturated rings. The predicted octanol–water partition coefficient (Wildman–Crippen LogP) is 5.74. The van der Waals surface area contributed by atoms with Gasteiger partial charge < -0.3 is 5.32 Å². The van der Waals surface area contributed by atoms with Crippen LogP contribution in [0.15, 0.2) is 28.1 Å². The largest absolute Gasteiger partial charge is 0.379 e. The molecule has 1 aromatic heterocycles. The molecular formula is C12H10BrCl2NS. The van der Waals surface area contributed by atoms with Gasteiger partial charge in [0.15, 0.2) is 0 Å². The van der Waals surface area contributed by atoms with Crippen molar-refractivity contribution in [1.82, 2.24) is 0 Å². The Kier molecular flexibility index (Phi) is 4.36. The van der Waals surface area contributed by atoms with Gasteiger partial charge in [-0.15, -0.1) is 11.3 Å². The highest BCUT2D eigenvalue weighted by molar-refractivity contribution is 9.10. The molecule has 0 saturated heterocycles. The van der Waals surface area contributed by atoms with E-state index in [0.29, 0.717) is 5.02 Å². The molecule has 0 unspecified atom stereocenters.